The second kappa shape index (κ2) is 12.6. The number of ether oxygens (including phenoxy) is 1. The van der Waals surface area contributed by atoms with Gasteiger partial charge >= 0.3 is 6.09 Å². The zero-order valence-corrected chi connectivity index (χ0v) is 27.5. The summed E-state index contributed by atoms with van der Waals surface area (Å²) in [5.74, 6) is -0.238. The van der Waals surface area contributed by atoms with Gasteiger partial charge in [0.25, 0.3) is 0 Å². The SMILES string of the molecule is Cc1nc2c(F)cc(-c3nc(Nc4ccc5c(n4)CCN(C(=O)CN(C)C(=O)OC(C)C(C)(C)C)C5)ncc3F)cc2n1C(C)C. The Bertz CT molecular complexity index is 1800. The third kappa shape index (κ3) is 6.77. The maximum Gasteiger partial charge on any atom is 0.410 e. The highest BCUT2D eigenvalue weighted by atomic mass is 19.1. The molecule has 1 unspecified atom stereocenters. The highest BCUT2D eigenvalue weighted by molar-refractivity contribution is 5.83. The van der Waals surface area contributed by atoms with Crippen molar-refractivity contribution in [2.75, 3.05) is 25.5 Å². The van der Waals surface area contributed by atoms with Gasteiger partial charge < -0.3 is 24.4 Å². The minimum absolute atomic E-state index is 0.0276. The van der Waals surface area contributed by atoms with E-state index in [1.807, 2.05) is 52.2 Å². The van der Waals surface area contributed by atoms with Gasteiger partial charge in [-0.25, -0.2) is 33.5 Å². The van der Waals surface area contributed by atoms with Crippen LogP contribution in [0.15, 0.2) is 30.5 Å². The first kappa shape index (κ1) is 32.7. The van der Waals surface area contributed by atoms with Gasteiger partial charge in [-0.1, -0.05) is 26.8 Å². The number of imidazole rings is 1. The minimum atomic E-state index is -0.692. The Hall–Kier alpha value is -4.68. The fourth-order valence-corrected chi connectivity index (χ4v) is 5.29. The maximum absolute atomic E-state index is 15.1. The van der Waals surface area contributed by atoms with Gasteiger partial charge in [0.15, 0.2) is 11.6 Å². The second-order valence-electron chi connectivity index (χ2n) is 13.1. The quantitative estimate of drug-likeness (QED) is 0.256. The van der Waals surface area contributed by atoms with Crippen LogP contribution in [0.3, 0.4) is 0 Å². The predicted molar refractivity (Wildman–Crippen MR) is 170 cm³/mol. The smallest absolute Gasteiger partial charge is 0.410 e. The molecule has 1 N–H and O–H groups in total. The van der Waals surface area contributed by atoms with Crippen LogP contribution in [0.5, 0.6) is 0 Å². The molecule has 1 atom stereocenters. The molecule has 244 valence electrons. The molecule has 0 saturated heterocycles. The van der Waals surface area contributed by atoms with Gasteiger partial charge in [0.05, 0.1) is 11.7 Å². The summed E-state index contributed by atoms with van der Waals surface area (Å²) < 4.78 is 37.4. The summed E-state index contributed by atoms with van der Waals surface area (Å²) in [6, 6.07) is 6.53. The normalized spacial score (nSPS) is 13.9. The van der Waals surface area contributed by atoms with Gasteiger partial charge in [-0.2, -0.15) is 0 Å². The molecule has 13 heteroatoms. The third-order valence-corrected chi connectivity index (χ3v) is 8.28. The van der Waals surface area contributed by atoms with Crippen LogP contribution in [-0.4, -0.2) is 72.5 Å². The largest absolute Gasteiger partial charge is 0.446 e. The number of hydrogen-bond donors (Lipinski definition) is 1. The van der Waals surface area contributed by atoms with Crippen LogP contribution < -0.4 is 5.32 Å². The van der Waals surface area contributed by atoms with Crippen molar-refractivity contribution >= 4 is 34.8 Å². The van der Waals surface area contributed by atoms with Crippen molar-refractivity contribution in [3.63, 3.8) is 0 Å². The Labute approximate surface area is 267 Å². The number of likely N-dealkylation sites (N-methyl/N-ethyl adjacent to an activating group) is 1. The molecule has 1 aliphatic rings. The van der Waals surface area contributed by atoms with Gasteiger partial charge in [-0.15, -0.1) is 0 Å². The van der Waals surface area contributed by atoms with Gasteiger partial charge in [-0.3, -0.25) is 4.79 Å². The molecule has 11 nitrogen and oxygen atoms in total. The van der Waals surface area contributed by atoms with Crippen molar-refractivity contribution in [3.8, 4) is 11.3 Å². The predicted octanol–water partition coefficient (Wildman–Crippen LogP) is 6.19. The van der Waals surface area contributed by atoms with Crippen molar-refractivity contribution in [2.45, 2.75) is 73.6 Å². The molecule has 4 aromatic rings. The lowest BCUT2D eigenvalue weighted by atomic mass is 9.90. The van der Waals surface area contributed by atoms with Gasteiger partial charge in [0.2, 0.25) is 11.9 Å². The molecule has 0 fully saturated rings. The fraction of sp³-hybridized carbons (Fsp3) is 0.455. The number of rotatable bonds is 7. The molecule has 0 saturated carbocycles. The Morgan fingerprint density at radius 2 is 1.83 bits per heavy atom. The van der Waals surface area contributed by atoms with Gasteiger partial charge in [0, 0.05) is 43.9 Å². The van der Waals surface area contributed by atoms with E-state index in [1.54, 1.807) is 31.0 Å². The van der Waals surface area contributed by atoms with Crippen molar-refractivity contribution in [1.82, 2.24) is 34.3 Å². The van der Waals surface area contributed by atoms with Crippen LogP contribution in [0, 0.1) is 24.0 Å². The van der Waals surface area contributed by atoms with Crippen LogP contribution >= 0.6 is 0 Å². The topological polar surface area (TPSA) is 118 Å². The lowest BCUT2D eigenvalue weighted by Crippen LogP contribution is -2.44. The average Bonchev–Trinajstić information content (AvgIpc) is 3.33. The van der Waals surface area contributed by atoms with E-state index >= 15 is 4.39 Å². The van der Waals surface area contributed by atoms with Crippen LogP contribution in [0.1, 0.15) is 64.7 Å². The van der Waals surface area contributed by atoms with E-state index in [0.717, 1.165) is 17.5 Å². The van der Waals surface area contributed by atoms with Crippen LogP contribution in [-0.2, 0) is 22.5 Å². The van der Waals surface area contributed by atoms with Crippen LogP contribution in [0.4, 0.5) is 25.3 Å². The number of fused-ring (bicyclic) bond motifs is 2. The zero-order valence-electron chi connectivity index (χ0n) is 27.5. The lowest BCUT2D eigenvalue weighted by molar-refractivity contribution is -0.133. The number of hydrogen-bond acceptors (Lipinski definition) is 8. The number of carbonyl (C=O) groups excluding carboxylic acids is 2. The number of aryl methyl sites for hydroxylation is 1. The molecule has 4 heterocycles. The molecule has 46 heavy (non-hydrogen) atoms. The van der Waals surface area contributed by atoms with E-state index in [-0.39, 0.29) is 52.7 Å². The Morgan fingerprint density at radius 3 is 2.52 bits per heavy atom. The average molecular weight is 635 g/mol. The van der Waals surface area contributed by atoms with Gasteiger partial charge in [-0.05, 0) is 56.9 Å². The van der Waals surface area contributed by atoms with E-state index in [4.69, 9.17) is 4.74 Å². The van der Waals surface area contributed by atoms with E-state index in [1.165, 1.54) is 11.0 Å². The molecule has 2 amide bonds. The molecule has 0 spiro atoms. The van der Waals surface area contributed by atoms with E-state index in [9.17, 15) is 14.0 Å². The van der Waals surface area contributed by atoms with Gasteiger partial charge in [0.1, 0.15) is 35.5 Å². The number of nitrogens with one attached hydrogen (secondary N) is 1. The number of halogens is 2. The van der Waals surface area contributed by atoms with Crippen LogP contribution in [0.2, 0.25) is 0 Å². The van der Waals surface area contributed by atoms with E-state index in [2.05, 4.69) is 25.3 Å². The Kier molecular flexibility index (Phi) is 8.96. The fourth-order valence-electron chi connectivity index (χ4n) is 5.29. The summed E-state index contributed by atoms with van der Waals surface area (Å²) in [5.41, 5.74) is 2.45. The summed E-state index contributed by atoms with van der Waals surface area (Å²) in [6.45, 7) is 14.2. The summed E-state index contributed by atoms with van der Waals surface area (Å²) in [5, 5.41) is 3.03. The van der Waals surface area contributed by atoms with Crippen molar-refractivity contribution in [1.29, 1.82) is 0 Å². The monoisotopic (exact) mass is 634 g/mol. The number of amides is 2. The Morgan fingerprint density at radius 1 is 1.09 bits per heavy atom. The summed E-state index contributed by atoms with van der Waals surface area (Å²) in [6.07, 6.45) is 0.691. The highest BCUT2D eigenvalue weighted by Gasteiger charge is 2.28. The summed E-state index contributed by atoms with van der Waals surface area (Å²) in [7, 11) is 1.55. The number of benzene rings is 1. The number of anilines is 2. The summed E-state index contributed by atoms with van der Waals surface area (Å²) >= 11 is 0. The third-order valence-electron chi connectivity index (χ3n) is 8.28. The van der Waals surface area contributed by atoms with Crippen molar-refractivity contribution in [2.24, 2.45) is 5.41 Å². The number of carbonyl (C=O) groups is 2. The van der Waals surface area contributed by atoms with Crippen molar-refractivity contribution < 1.29 is 23.1 Å². The zero-order chi connectivity index (χ0) is 33.5. The van der Waals surface area contributed by atoms with E-state index in [0.29, 0.717) is 36.7 Å². The second-order valence-corrected chi connectivity index (χ2v) is 13.1. The van der Waals surface area contributed by atoms with E-state index < -0.39 is 17.7 Å². The lowest BCUT2D eigenvalue weighted by Gasteiger charge is -2.31. The number of nitrogens with zero attached hydrogens (tertiary/aromatic N) is 7. The number of pyridine rings is 1. The molecule has 5 rings (SSSR count). The molecule has 0 radical (unpaired) electrons. The number of aromatic nitrogens is 5. The molecule has 1 aromatic carbocycles. The first-order valence-corrected chi connectivity index (χ1v) is 15.3. The minimum Gasteiger partial charge on any atom is -0.446 e. The molecular weight excluding hydrogens is 594 g/mol. The summed E-state index contributed by atoms with van der Waals surface area (Å²) in [4.78, 5) is 45.9. The Balaban J connectivity index is 1.28. The highest BCUT2D eigenvalue weighted by Crippen LogP contribution is 2.31. The molecule has 0 bridgehead atoms. The first-order valence-electron chi connectivity index (χ1n) is 15.3. The molecular formula is C33H40F2N8O3. The maximum atomic E-state index is 15.1. The molecule has 3 aromatic heterocycles. The van der Waals surface area contributed by atoms with Crippen LogP contribution in [0.25, 0.3) is 22.3 Å². The first-order chi connectivity index (χ1) is 21.6. The molecule has 1 aliphatic heterocycles. The standard InChI is InChI=1S/C33H40F2N8O3/c1-18(2)43-20(4)37-30-23(34)13-22(14-26(30)43)29-24(35)15-36-31(40-29)39-27-10-9-21-16-42(12-11-25(21)38-27)28(44)17-41(8)32(45)46-19(3)33(5,6)7/h9-10,13-15,18-19H,11-12,16-17H2,1-8H3,(H,36,38,39,40). The van der Waals surface area contributed by atoms with Crippen molar-refractivity contribution in [3.05, 3.63) is 59.2 Å². The molecule has 0 aliphatic carbocycles.